The summed E-state index contributed by atoms with van der Waals surface area (Å²) in [5.74, 6) is 0. The van der Waals surface area contributed by atoms with Crippen molar-refractivity contribution in [3.8, 4) is 11.3 Å². The van der Waals surface area contributed by atoms with Crippen molar-refractivity contribution in [2.75, 3.05) is 0 Å². The topological polar surface area (TPSA) is 66.5 Å². The number of fused-ring (bicyclic) bond motifs is 2. The molecule has 0 saturated heterocycles. The van der Waals surface area contributed by atoms with Gasteiger partial charge in [-0.15, -0.1) is 12.4 Å². The van der Waals surface area contributed by atoms with Gasteiger partial charge in [-0.1, -0.05) is 0 Å². The van der Waals surface area contributed by atoms with Crippen LogP contribution in [0.2, 0.25) is 0 Å². The van der Waals surface area contributed by atoms with Gasteiger partial charge in [0, 0.05) is 41.5 Å². The zero-order chi connectivity index (χ0) is 12.8. The highest BCUT2D eigenvalue weighted by Gasteiger charge is 2.24. The van der Waals surface area contributed by atoms with E-state index in [1.54, 1.807) is 6.33 Å². The summed E-state index contributed by atoms with van der Waals surface area (Å²) in [7, 11) is 0. The van der Waals surface area contributed by atoms with Gasteiger partial charge in [-0.05, 0) is 19.1 Å². The van der Waals surface area contributed by atoms with Crippen LogP contribution in [0.1, 0.15) is 24.2 Å². The van der Waals surface area contributed by atoms with Gasteiger partial charge in [-0.2, -0.15) is 0 Å². The number of nitrogens with one attached hydrogen (secondary N) is 2. The van der Waals surface area contributed by atoms with Crippen molar-refractivity contribution < 1.29 is 0 Å². The summed E-state index contributed by atoms with van der Waals surface area (Å²) in [6.07, 6.45) is 5.37. The van der Waals surface area contributed by atoms with Gasteiger partial charge >= 0.3 is 0 Å². The van der Waals surface area contributed by atoms with Crippen molar-refractivity contribution in [1.82, 2.24) is 25.3 Å². The Balaban J connectivity index is 0.00000121. The van der Waals surface area contributed by atoms with E-state index in [0.29, 0.717) is 6.04 Å². The average Bonchev–Trinajstić information content (AvgIpc) is 3.05. The summed E-state index contributed by atoms with van der Waals surface area (Å²) < 4.78 is 0. The number of nitrogens with zero attached hydrogens (tertiary/aromatic N) is 3. The summed E-state index contributed by atoms with van der Waals surface area (Å²) in [6.45, 7) is 2.95. The van der Waals surface area contributed by atoms with Crippen LogP contribution >= 0.6 is 12.4 Å². The molecule has 20 heavy (non-hydrogen) atoms. The van der Waals surface area contributed by atoms with Gasteiger partial charge < -0.3 is 10.3 Å². The molecule has 0 saturated carbocycles. The first kappa shape index (κ1) is 13.0. The van der Waals surface area contributed by atoms with Crippen LogP contribution < -0.4 is 5.32 Å². The molecule has 0 spiro atoms. The molecule has 0 amide bonds. The number of aromatic amines is 1. The molecular formula is C14H14ClN5. The number of rotatable bonds is 1. The fraction of sp³-hybridized carbons (Fsp3) is 0.214. The highest BCUT2D eigenvalue weighted by atomic mass is 35.5. The summed E-state index contributed by atoms with van der Waals surface area (Å²) in [4.78, 5) is 16.3. The molecule has 6 heteroatoms. The van der Waals surface area contributed by atoms with Gasteiger partial charge in [0.05, 0.1) is 11.4 Å². The fourth-order valence-corrected chi connectivity index (χ4v) is 2.72. The Morgan fingerprint density at radius 1 is 1.20 bits per heavy atom. The van der Waals surface area contributed by atoms with Crippen molar-refractivity contribution in [1.29, 1.82) is 0 Å². The van der Waals surface area contributed by atoms with Crippen LogP contribution in [-0.4, -0.2) is 19.9 Å². The molecule has 102 valence electrons. The summed E-state index contributed by atoms with van der Waals surface area (Å²) in [6, 6.07) is 4.35. The molecule has 4 heterocycles. The minimum atomic E-state index is 0. The summed E-state index contributed by atoms with van der Waals surface area (Å²) in [5, 5.41) is 4.51. The van der Waals surface area contributed by atoms with Crippen molar-refractivity contribution in [3.63, 3.8) is 0 Å². The lowest BCUT2D eigenvalue weighted by Crippen LogP contribution is -2.07. The molecule has 0 radical (unpaired) electrons. The van der Waals surface area contributed by atoms with E-state index in [-0.39, 0.29) is 12.4 Å². The van der Waals surface area contributed by atoms with Crippen molar-refractivity contribution in [2.45, 2.75) is 19.5 Å². The lowest BCUT2D eigenvalue weighted by molar-refractivity contribution is 0.623. The molecule has 1 atom stereocenters. The van der Waals surface area contributed by atoms with Crippen LogP contribution in [0.15, 0.2) is 30.9 Å². The Bertz CT molecular complexity index is 767. The van der Waals surface area contributed by atoms with E-state index in [9.17, 15) is 0 Å². The molecule has 1 unspecified atom stereocenters. The molecule has 0 fully saturated rings. The van der Waals surface area contributed by atoms with Gasteiger partial charge in [0.1, 0.15) is 12.0 Å². The molecule has 3 aromatic heterocycles. The molecular weight excluding hydrogens is 274 g/mol. The highest BCUT2D eigenvalue weighted by molar-refractivity contribution is 5.92. The second-order valence-corrected chi connectivity index (χ2v) is 4.79. The van der Waals surface area contributed by atoms with E-state index in [1.165, 1.54) is 5.56 Å². The maximum atomic E-state index is 4.49. The molecule has 1 aliphatic rings. The minimum absolute atomic E-state index is 0. The largest absolute Gasteiger partial charge is 0.346 e. The SMILES string of the molecule is CC1NCc2c(-c3ccnc4[nH]ccc34)ncnc21.Cl. The normalized spacial score (nSPS) is 16.9. The van der Waals surface area contributed by atoms with E-state index in [0.717, 1.165) is 34.5 Å². The predicted octanol–water partition coefficient (Wildman–Crippen LogP) is 2.61. The first-order valence-corrected chi connectivity index (χ1v) is 6.34. The standard InChI is InChI=1S/C14H13N5.ClH/c1-8-12-11(6-17-8)13(19-7-18-12)9-2-4-15-14-10(9)3-5-16-14;/h2-5,7-8,17H,6H2,1H3,(H,15,16);1H. The molecule has 0 aliphatic carbocycles. The molecule has 1 aliphatic heterocycles. The van der Waals surface area contributed by atoms with Gasteiger partial charge in [-0.25, -0.2) is 15.0 Å². The molecule has 2 N–H and O–H groups in total. The van der Waals surface area contributed by atoms with Crippen LogP contribution in [0.3, 0.4) is 0 Å². The van der Waals surface area contributed by atoms with Crippen molar-refractivity contribution in [2.24, 2.45) is 0 Å². The van der Waals surface area contributed by atoms with Crippen LogP contribution in [0, 0.1) is 0 Å². The Hall–Kier alpha value is -1.98. The Kier molecular flexibility index (Phi) is 3.16. The maximum Gasteiger partial charge on any atom is 0.137 e. The monoisotopic (exact) mass is 287 g/mol. The lowest BCUT2D eigenvalue weighted by atomic mass is 10.0. The number of halogens is 1. The van der Waals surface area contributed by atoms with Crippen LogP contribution in [0.4, 0.5) is 0 Å². The smallest absolute Gasteiger partial charge is 0.137 e. The van der Waals surface area contributed by atoms with Gasteiger partial charge in [0.25, 0.3) is 0 Å². The highest BCUT2D eigenvalue weighted by Crippen LogP contribution is 2.33. The Morgan fingerprint density at radius 2 is 2.10 bits per heavy atom. The number of H-pyrrole nitrogens is 1. The van der Waals surface area contributed by atoms with E-state index in [4.69, 9.17) is 0 Å². The van der Waals surface area contributed by atoms with Gasteiger partial charge in [-0.3, -0.25) is 0 Å². The van der Waals surface area contributed by atoms with Crippen LogP contribution in [0.25, 0.3) is 22.3 Å². The first-order valence-electron chi connectivity index (χ1n) is 6.34. The number of aromatic nitrogens is 4. The van der Waals surface area contributed by atoms with Crippen LogP contribution in [0.5, 0.6) is 0 Å². The number of hydrogen-bond donors (Lipinski definition) is 2. The molecule has 3 aromatic rings. The molecule has 5 nitrogen and oxygen atoms in total. The molecule has 0 bridgehead atoms. The third kappa shape index (κ3) is 1.78. The summed E-state index contributed by atoms with van der Waals surface area (Å²) >= 11 is 0. The van der Waals surface area contributed by atoms with E-state index in [2.05, 4.69) is 32.2 Å². The minimum Gasteiger partial charge on any atom is -0.346 e. The van der Waals surface area contributed by atoms with E-state index in [1.807, 2.05) is 24.5 Å². The average molecular weight is 288 g/mol. The second-order valence-electron chi connectivity index (χ2n) is 4.79. The second kappa shape index (κ2) is 4.85. The molecule has 4 rings (SSSR count). The third-order valence-electron chi connectivity index (χ3n) is 3.69. The first-order chi connectivity index (χ1) is 9.34. The fourth-order valence-electron chi connectivity index (χ4n) is 2.72. The third-order valence-corrected chi connectivity index (χ3v) is 3.69. The van der Waals surface area contributed by atoms with Crippen molar-refractivity contribution >= 4 is 23.4 Å². The van der Waals surface area contributed by atoms with Gasteiger partial charge in [0.2, 0.25) is 0 Å². The molecule has 0 aromatic carbocycles. The zero-order valence-electron chi connectivity index (χ0n) is 10.9. The zero-order valence-corrected chi connectivity index (χ0v) is 11.7. The lowest BCUT2D eigenvalue weighted by Gasteiger charge is -2.08. The van der Waals surface area contributed by atoms with Crippen LogP contribution in [-0.2, 0) is 6.54 Å². The number of pyridine rings is 1. The quantitative estimate of drug-likeness (QED) is 0.722. The van der Waals surface area contributed by atoms with E-state index >= 15 is 0 Å². The number of hydrogen-bond acceptors (Lipinski definition) is 4. The van der Waals surface area contributed by atoms with E-state index < -0.39 is 0 Å². The Labute approximate surface area is 122 Å². The summed E-state index contributed by atoms with van der Waals surface area (Å²) in [5.41, 5.74) is 5.31. The maximum absolute atomic E-state index is 4.49. The Morgan fingerprint density at radius 3 is 3.00 bits per heavy atom. The van der Waals surface area contributed by atoms with Crippen molar-refractivity contribution in [3.05, 3.63) is 42.1 Å². The predicted molar refractivity (Wildman–Crippen MR) is 79.6 cm³/mol. The van der Waals surface area contributed by atoms with Gasteiger partial charge in [0.15, 0.2) is 0 Å².